The first-order valence-electron chi connectivity index (χ1n) is 5.12. The van der Waals surface area contributed by atoms with Crippen LogP contribution in [0.4, 0.5) is 0 Å². The number of hydrogen-bond acceptors (Lipinski definition) is 3. The number of aryl methyl sites for hydroxylation is 1. The Kier molecular flexibility index (Phi) is 3.51. The van der Waals surface area contributed by atoms with Crippen LogP contribution in [0, 0.1) is 0 Å². The lowest BCUT2D eigenvalue weighted by atomic mass is 10.4. The van der Waals surface area contributed by atoms with E-state index in [1.165, 1.54) is 5.69 Å². The zero-order valence-corrected chi connectivity index (χ0v) is 8.56. The number of aromatic amines is 1. The lowest BCUT2D eigenvalue weighted by Gasteiger charge is -2.03. The average molecular weight is 205 g/mol. The van der Waals surface area contributed by atoms with Crippen molar-refractivity contribution < 1.29 is 0 Å². The van der Waals surface area contributed by atoms with Crippen molar-refractivity contribution in [1.82, 2.24) is 25.3 Å². The van der Waals surface area contributed by atoms with Crippen molar-refractivity contribution in [2.24, 2.45) is 0 Å². The Balaban J connectivity index is 1.56. The monoisotopic (exact) mass is 205 g/mol. The second-order valence-electron chi connectivity index (χ2n) is 3.39. The van der Waals surface area contributed by atoms with Gasteiger partial charge in [-0.3, -0.25) is 4.68 Å². The van der Waals surface area contributed by atoms with E-state index in [2.05, 4.69) is 26.7 Å². The van der Waals surface area contributed by atoms with Gasteiger partial charge in [0.05, 0.1) is 6.20 Å². The molecular weight excluding hydrogens is 190 g/mol. The number of H-pyrrole nitrogens is 1. The molecule has 0 saturated carbocycles. The molecule has 5 nitrogen and oxygen atoms in total. The Morgan fingerprint density at radius 3 is 3.20 bits per heavy atom. The van der Waals surface area contributed by atoms with Gasteiger partial charge in [0.25, 0.3) is 0 Å². The highest BCUT2D eigenvalue weighted by Gasteiger charge is 1.93. The van der Waals surface area contributed by atoms with Gasteiger partial charge in [0.2, 0.25) is 0 Å². The van der Waals surface area contributed by atoms with Crippen molar-refractivity contribution in [3.63, 3.8) is 0 Å². The first-order valence-corrected chi connectivity index (χ1v) is 5.12. The molecule has 2 aromatic rings. The van der Waals surface area contributed by atoms with Crippen LogP contribution in [0.15, 0.2) is 30.7 Å². The van der Waals surface area contributed by atoms with Gasteiger partial charge >= 0.3 is 0 Å². The van der Waals surface area contributed by atoms with Crippen LogP contribution in [0.1, 0.15) is 12.1 Å². The van der Waals surface area contributed by atoms with Gasteiger partial charge in [0, 0.05) is 31.2 Å². The molecule has 0 aromatic carbocycles. The molecule has 0 fully saturated rings. The van der Waals surface area contributed by atoms with Crippen molar-refractivity contribution in [2.75, 3.05) is 6.54 Å². The maximum absolute atomic E-state index is 3.90. The lowest BCUT2D eigenvalue weighted by molar-refractivity contribution is 0.529. The second kappa shape index (κ2) is 5.31. The minimum absolute atomic E-state index is 0.893. The van der Waals surface area contributed by atoms with E-state index in [9.17, 15) is 0 Å². The maximum atomic E-state index is 3.90. The molecule has 2 heterocycles. The molecule has 5 heteroatoms. The molecule has 0 amide bonds. The molecule has 0 spiro atoms. The van der Waals surface area contributed by atoms with Gasteiger partial charge in [-0.05, 0) is 25.1 Å². The second-order valence-corrected chi connectivity index (χ2v) is 3.39. The molecule has 0 unspecified atom stereocenters. The lowest BCUT2D eigenvalue weighted by Crippen LogP contribution is -2.16. The molecule has 0 aliphatic carbocycles. The molecule has 15 heavy (non-hydrogen) atoms. The molecule has 2 N–H and O–H groups in total. The summed E-state index contributed by atoms with van der Waals surface area (Å²) in [5, 5.41) is 11.0. The Morgan fingerprint density at radius 2 is 2.47 bits per heavy atom. The fourth-order valence-corrected chi connectivity index (χ4v) is 1.42. The van der Waals surface area contributed by atoms with E-state index >= 15 is 0 Å². The summed E-state index contributed by atoms with van der Waals surface area (Å²) in [6, 6.07) is 4.08. The molecule has 0 radical (unpaired) electrons. The highest BCUT2D eigenvalue weighted by atomic mass is 15.4. The summed E-state index contributed by atoms with van der Waals surface area (Å²) in [7, 11) is 0. The fraction of sp³-hybridized carbons (Fsp3) is 0.400. The minimum Gasteiger partial charge on any atom is -0.364 e. The summed E-state index contributed by atoms with van der Waals surface area (Å²) in [4.78, 5) is 3.15. The summed E-state index contributed by atoms with van der Waals surface area (Å²) in [5.41, 5.74) is 1.22. The average Bonchev–Trinajstić information content (AvgIpc) is 2.88. The number of nitrogens with one attached hydrogen (secondary N) is 2. The summed E-state index contributed by atoms with van der Waals surface area (Å²) in [6.07, 6.45) is 6.58. The summed E-state index contributed by atoms with van der Waals surface area (Å²) >= 11 is 0. The predicted octanol–water partition coefficient (Wildman–Crippen LogP) is 0.786. The zero-order chi connectivity index (χ0) is 10.3. The van der Waals surface area contributed by atoms with Crippen molar-refractivity contribution in [3.8, 4) is 0 Å². The number of hydrogen-bond donors (Lipinski definition) is 2. The molecule has 80 valence electrons. The summed E-state index contributed by atoms with van der Waals surface area (Å²) < 4.78 is 1.84. The van der Waals surface area contributed by atoms with E-state index in [0.29, 0.717) is 0 Å². The van der Waals surface area contributed by atoms with Gasteiger partial charge in [-0.1, -0.05) is 5.21 Å². The number of aromatic nitrogens is 4. The van der Waals surface area contributed by atoms with E-state index < -0.39 is 0 Å². The van der Waals surface area contributed by atoms with Crippen LogP contribution in [0.3, 0.4) is 0 Å². The Bertz CT molecular complexity index is 315. The third kappa shape index (κ3) is 3.21. The highest BCUT2D eigenvalue weighted by molar-refractivity contribution is 5.02. The normalized spacial score (nSPS) is 10.7. The van der Waals surface area contributed by atoms with Crippen molar-refractivity contribution in [3.05, 3.63) is 36.4 Å². The van der Waals surface area contributed by atoms with Crippen LogP contribution >= 0.6 is 0 Å². The Labute approximate surface area is 88.5 Å². The minimum atomic E-state index is 0.893. The van der Waals surface area contributed by atoms with Crippen molar-refractivity contribution >= 4 is 0 Å². The van der Waals surface area contributed by atoms with Crippen LogP contribution < -0.4 is 5.32 Å². The molecule has 0 atom stereocenters. The number of nitrogens with zero attached hydrogens (tertiary/aromatic N) is 3. The summed E-state index contributed by atoms with van der Waals surface area (Å²) in [5.74, 6) is 0. The molecule has 0 saturated heterocycles. The quantitative estimate of drug-likeness (QED) is 0.685. The van der Waals surface area contributed by atoms with Gasteiger partial charge in [-0.15, -0.1) is 5.10 Å². The molecule has 2 rings (SSSR count). The van der Waals surface area contributed by atoms with Gasteiger partial charge < -0.3 is 10.3 Å². The van der Waals surface area contributed by atoms with Gasteiger partial charge in [0.1, 0.15) is 0 Å². The standard InChI is InChI=1S/C10H15N5/c1-3-10(12-5-1)9-11-4-2-7-15-8-6-13-14-15/h1,3,5-6,8,11-12H,2,4,7,9H2. The van der Waals surface area contributed by atoms with Crippen LogP contribution in [0.5, 0.6) is 0 Å². The van der Waals surface area contributed by atoms with Crippen LogP contribution in [-0.4, -0.2) is 26.5 Å². The third-order valence-corrected chi connectivity index (χ3v) is 2.19. The third-order valence-electron chi connectivity index (χ3n) is 2.19. The predicted molar refractivity (Wildman–Crippen MR) is 57.1 cm³/mol. The first kappa shape index (κ1) is 9.92. The molecule has 0 bridgehead atoms. The van der Waals surface area contributed by atoms with Crippen LogP contribution in [0.2, 0.25) is 0 Å². The summed E-state index contributed by atoms with van der Waals surface area (Å²) in [6.45, 7) is 2.79. The van der Waals surface area contributed by atoms with Crippen LogP contribution in [-0.2, 0) is 13.1 Å². The van der Waals surface area contributed by atoms with Crippen LogP contribution in [0.25, 0.3) is 0 Å². The molecule has 2 aromatic heterocycles. The van der Waals surface area contributed by atoms with Gasteiger partial charge in [-0.2, -0.15) is 0 Å². The molecular formula is C10H15N5. The van der Waals surface area contributed by atoms with E-state index in [4.69, 9.17) is 0 Å². The van der Waals surface area contributed by atoms with Gasteiger partial charge in [0.15, 0.2) is 0 Å². The largest absolute Gasteiger partial charge is 0.364 e. The van der Waals surface area contributed by atoms with E-state index in [-0.39, 0.29) is 0 Å². The number of rotatable bonds is 6. The Hall–Kier alpha value is -1.62. The van der Waals surface area contributed by atoms with Gasteiger partial charge in [-0.25, -0.2) is 0 Å². The Morgan fingerprint density at radius 1 is 1.47 bits per heavy atom. The highest BCUT2D eigenvalue weighted by Crippen LogP contribution is 1.93. The molecule has 0 aliphatic rings. The zero-order valence-electron chi connectivity index (χ0n) is 8.56. The van der Waals surface area contributed by atoms with Crippen molar-refractivity contribution in [1.29, 1.82) is 0 Å². The smallest absolute Gasteiger partial charge is 0.0692 e. The fourth-order valence-electron chi connectivity index (χ4n) is 1.42. The van der Waals surface area contributed by atoms with Crippen molar-refractivity contribution in [2.45, 2.75) is 19.5 Å². The van der Waals surface area contributed by atoms with E-state index in [0.717, 1.165) is 26.1 Å². The topological polar surface area (TPSA) is 58.5 Å². The first-order chi connectivity index (χ1) is 7.45. The SMILES string of the molecule is c1c[nH]c(CNCCCn2ccnn2)c1. The van der Waals surface area contributed by atoms with E-state index in [1.807, 2.05) is 23.1 Å². The molecule has 0 aliphatic heterocycles. The maximum Gasteiger partial charge on any atom is 0.0692 e. The van der Waals surface area contributed by atoms with E-state index in [1.54, 1.807) is 6.20 Å².